The summed E-state index contributed by atoms with van der Waals surface area (Å²) < 4.78 is 0. The number of pyridine rings is 1. The Hall–Kier alpha value is -1.82. The van der Waals surface area contributed by atoms with Gasteiger partial charge in [-0.2, -0.15) is 0 Å². The lowest BCUT2D eigenvalue weighted by Gasteiger charge is -2.08. The van der Waals surface area contributed by atoms with Crippen LogP contribution in [0.25, 0.3) is 0 Å². The number of carbonyl (C=O) groups excluding carboxylic acids is 1. The van der Waals surface area contributed by atoms with Gasteiger partial charge in [-0.25, -0.2) is 9.78 Å². The van der Waals surface area contributed by atoms with Crippen molar-refractivity contribution in [2.24, 2.45) is 0 Å². The lowest BCUT2D eigenvalue weighted by atomic mass is 10.2. The molecule has 5 nitrogen and oxygen atoms in total. The first-order valence-electron chi connectivity index (χ1n) is 5.53. The molecule has 2 rings (SSSR count). The lowest BCUT2D eigenvalue weighted by Crippen LogP contribution is -2.13. The molecule has 108 valence electrons. The van der Waals surface area contributed by atoms with E-state index in [2.05, 4.69) is 10.3 Å². The fourth-order valence-electron chi connectivity index (χ4n) is 1.47. The number of hydrogen-bond donors (Lipinski definition) is 2. The summed E-state index contributed by atoms with van der Waals surface area (Å²) in [6.45, 7) is 0. The number of carbonyl (C=O) groups is 2. The van der Waals surface area contributed by atoms with Gasteiger partial charge in [0, 0.05) is 6.20 Å². The van der Waals surface area contributed by atoms with Crippen LogP contribution in [0.3, 0.4) is 0 Å². The molecule has 0 unspecified atom stereocenters. The average molecular weight is 346 g/mol. The summed E-state index contributed by atoms with van der Waals surface area (Å²) in [7, 11) is 0. The minimum absolute atomic E-state index is 0.154. The van der Waals surface area contributed by atoms with Gasteiger partial charge in [0.25, 0.3) is 5.91 Å². The van der Waals surface area contributed by atoms with Gasteiger partial charge in [0.2, 0.25) is 0 Å². The molecule has 1 aromatic heterocycles. The third kappa shape index (κ3) is 3.64. The summed E-state index contributed by atoms with van der Waals surface area (Å²) in [5.41, 5.74) is 0.319. The third-order valence-electron chi connectivity index (χ3n) is 2.50. The van der Waals surface area contributed by atoms with Crippen molar-refractivity contribution >= 4 is 52.4 Å². The van der Waals surface area contributed by atoms with Gasteiger partial charge in [0.1, 0.15) is 5.69 Å². The summed E-state index contributed by atoms with van der Waals surface area (Å²) in [5, 5.41) is 12.0. The molecular weight excluding hydrogens is 339 g/mol. The Kier molecular flexibility index (Phi) is 4.67. The van der Waals surface area contributed by atoms with E-state index in [0.29, 0.717) is 5.69 Å². The first kappa shape index (κ1) is 15.6. The Bertz CT molecular complexity index is 717. The molecule has 21 heavy (non-hydrogen) atoms. The maximum atomic E-state index is 12.0. The van der Waals surface area contributed by atoms with Crippen LogP contribution in [-0.4, -0.2) is 22.0 Å². The molecule has 1 heterocycles. The van der Waals surface area contributed by atoms with Crippen molar-refractivity contribution in [3.63, 3.8) is 0 Å². The molecule has 0 spiro atoms. The molecule has 0 radical (unpaired) electrons. The minimum Gasteiger partial charge on any atom is -0.477 e. The van der Waals surface area contributed by atoms with Crippen LogP contribution < -0.4 is 5.32 Å². The van der Waals surface area contributed by atoms with E-state index in [1.54, 1.807) is 0 Å². The van der Waals surface area contributed by atoms with Crippen molar-refractivity contribution < 1.29 is 14.7 Å². The number of amides is 1. The van der Waals surface area contributed by atoms with Gasteiger partial charge in [-0.3, -0.25) is 4.79 Å². The monoisotopic (exact) mass is 344 g/mol. The van der Waals surface area contributed by atoms with E-state index in [1.807, 2.05) is 0 Å². The predicted molar refractivity (Wildman–Crippen MR) is 80.6 cm³/mol. The van der Waals surface area contributed by atoms with E-state index in [4.69, 9.17) is 39.9 Å². The fourth-order valence-corrected chi connectivity index (χ4v) is 2.06. The molecule has 1 aromatic carbocycles. The third-order valence-corrected chi connectivity index (χ3v) is 3.54. The molecule has 0 saturated carbocycles. The summed E-state index contributed by atoms with van der Waals surface area (Å²) in [5.74, 6) is -1.67. The number of carboxylic acid groups (broad SMARTS) is 1. The predicted octanol–water partition coefficient (Wildman–Crippen LogP) is 3.99. The smallest absolute Gasteiger partial charge is 0.354 e. The second-order valence-electron chi connectivity index (χ2n) is 3.94. The van der Waals surface area contributed by atoms with Crippen LogP contribution in [0.15, 0.2) is 30.5 Å². The molecule has 0 saturated heterocycles. The number of hydrogen-bond acceptors (Lipinski definition) is 3. The molecule has 0 aliphatic rings. The zero-order chi connectivity index (χ0) is 15.6. The van der Waals surface area contributed by atoms with E-state index < -0.39 is 11.9 Å². The summed E-state index contributed by atoms with van der Waals surface area (Å²) in [4.78, 5) is 26.3. The zero-order valence-corrected chi connectivity index (χ0v) is 12.5. The summed E-state index contributed by atoms with van der Waals surface area (Å²) >= 11 is 17.6. The van der Waals surface area contributed by atoms with E-state index >= 15 is 0 Å². The minimum atomic E-state index is -1.17. The number of benzene rings is 1. The number of nitrogens with zero attached hydrogens (tertiary/aromatic N) is 1. The highest BCUT2D eigenvalue weighted by Crippen LogP contribution is 2.32. The van der Waals surface area contributed by atoms with Crippen LogP contribution in [0.1, 0.15) is 20.8 Å². The first-order valence-corrected chi connectivity index (χ1v) is 6.67. The summed E-state index contributed by atoms with van der Waals surface area (Å²) in [6.07, 6.45) is 1.16. The molecule has 8 heteroatoms. The van der Waals surface area contributed by atoms with E-state index in [0.717, 1.165) is 6.20 Å². The van der Waals surface area contributed by atoms with Crippen molar-refractivity contribution in [1.82, 2.24) is 4.98 Å². The van der Waals surface area contributed by atoms with Crippen LogP contribution in [0.4, 0.5) is 5.69 Å². The van der Waals surface area contributed by atoms with Crippen molar-refractivity contribution in [3.8, 4) is 0 Å². The second-order valence-corrected chi connectivity index (χ2v) is 5.16. The van der Waals surface area contributed by atoms with Crippen LogP contribution in [0.2, 0.25) is 15.1 Å². The van der Waals surface area contributed by atoms with Gasteiger partial charge in [0.15, 0.2) is 0 Å². The molecule has 1 amide bonds. The quantitative estimate of drug-likeness (QED) is 0.824. The van der Waals surface area contributed by atoms with E-state index in [-0.39, 0.29) is 26.3 Å². The maximum absolute atomic E-state index is 12.0. The van der Waals surface area contributed by atoms with Gasteiger partial charge in [-0.1, -0.05) is 34.8 Å². The molecule has 0 fully saturated rings. The number of nitrogens with one attached hydrogen (secondary N) is 1. The number of rotatable bonds is 3. The van der Waals surface area contributed by atoms with Crippen LogP contribution >= 0.6 is 34.8 Å². The standard InChI is InChI=1S/C13H7Cl3N2O3/c14-7-3-9(16)11(4-8(7)15)18-12(19)6-1-2-10(13(20)21)17-5-6/h1-5H,(H,18,19)(H,20,21). The van der Waals surface area contributed by atoms with Crippen molar-refractivity contribution in [3.05, 3.63) is 56.8 Å². The normalized spacial score (nSPS) is 10.2. The van der Waals surface area contributed by atoms with Crippen molar-refractivity contribution in [2.75, 3.05) is 5.32 Å². The Morgan fingerprint density at radius 1 is 1.05 bits per heavy atom. The average Bonchev–Trinajstić information content (AvgIpc) is 2.44. The van der Waals surface area contributed by atoms with Crippen LogP contribution in [0.5, 0.6) is 0 Å². The number of halogens is 3. The summed E-state index contributed by atoms with van der Waals surface area (Å²) in [6, 6.07) is 5.40. The largest absolute Gasteiger partial charge is 0.477 e. The fraction of sp³-hybridized carbons (Fsp3) is 0. The highest BCUT2D eigenvalue weighted by atomic mass is 35.5. The molecule has 2 N–H and O–H groups in total. The zero-order valence-electron chi connectivity index (χ0n) is 10.2. The van der Waals surface area contributed by atoms with Crippen molar-refractivity contribution in [1.29, 1.82) is 0 Å². The highest BCUT2D eigenvalue weighted by molar-refractivity contribution is 6.44. The number of anilines is 1. The highest BCUT2D eigenvalue weighted by Gasteiger charge is 2.12. The Balaban J connectivity index is 2.22. The Labute approximate surface area is 134 Å². The van der Waals surface area contributed by atoms with E-state index in [1.165, 1.54) is 24.3 Å². The molecule has 0 aliphatic carbocycles. The van der Waals surface area contributed by atoms with Crippen molar-refractivity contribution in [2.45, 2.75) is 0 Å². The molecule has 0 atom stereocenters. The SMILES string of the molecule is O=C(Nc1cc(Cl)c(Cl)cc1Cl)c1ccc(C(=O)O)nc1. The van der Waals surface area contributed by atoms with E-state index in [9.17, 15) is 9.59 Å². The lowest BCUT2D eigenvalue weighted by molar-refractivity contribution is 0.0690. The van der Waals surface area contributed by atoms with Gasteiger partial charge >= 0.3 is 5.97 Å². The first-order chi connectivity index (χ1) is 9.88. The molecule has 0 bridgehead atoms. The van der Waals surface area contributed by atoms with Gasteiger partial charge < -0.3 is 10.4 Å². The number of aromatic nitrogens is 1. The molecule has 0 aliphatic heterocycles. The number of carboxylic acids is 1. The van der Waals surface area contributed by atoms with Gasteiger partial charge in [-0.15, -0.1) is 0 Å². The second kappa shape index (κ2) is 6.30. The number of aromatic carboxylic acids is 1. The van der Waals surface area contributed by atoms with Gasteiger partial charge in [-0.05, 0) is 24.3 Å². The topological polar surface area (TPSA) is 79.3 Å². The van der Waals surface area contributed by atoms with Gasteiger partial charge in [0.05, 0.1) is 26.3 Å². The molecular formula is C13H7Cl3N2O3. The Morgan fingerprint density at radius 2 is 1.71 bits per heavy atom. The van der Waals surface area contributed by atoms with Crippen LogP contribution in [-0.2, 0) is 0 Å². The van der Waals surface area contributed by atoms with Crippen LogP contribution in [0, 0.1) is 0 Å². The Morgan fingerprint density at radius 3 is 2.29 bits per heavy atom. The molecule has 2 aromatic rings. The maximum Gasteiger partial charge on any atom is 0.354 e.